The largest absolute Gasteiger partial charge is 0.493 e. The minimum atomic E-state index is -0.416. The van der Waals surface area contributed by atoms with Crippen molar-refractivity contribution in [3.05, 3.63) is 23.8 Å². The zero-order valence-corrected chi connectivity index (χ0v) is 16.3. The summed E-state index contributed by atoms with van der Waals surface area (Å²) in [5.41, 5.74) is 0.631. The summed E-state index contributed by atoms with van der Waals surface area (Å²) < 4.78 is 16.5. The molecule has 0 radical (unpaired) electrons. The van der Waals surface area contributed by atoms with E-state index in [0.29, 0.717) is 6.42 Å². The lowest BCUT2D eigenvalue weighted by molar-refractivity contribution is 0.160. The number of carbonyl (C=O) groups excluding carboxylic acids is 1. The first-order chi connectivity index (χ1) is 13.1. The molecule has 3 rings (SSSR count). The molecule has 2 atom stereocenters. The molecule has 1 aromatic rings. The van der Waals surface area contributed by atoms with Crippen molar-refractivity contribution in [3.63, 3.8) is 0 Å². The second-order valence-corrected chi connectivity index (χ2v) is 7.62. The smallest absolute Gasteiger partial charge is 0.407 e. The monoisotopic (exact) mass is 374 g/mol. The molecule has 148 valence electrons. The second kappa shape index (κ2) is 8.63. The highest BCUT2D eigenvalue weighted by molar-refractivity contribution is 5.73. The van der Waals surface area contributed by atoms with Crippen LogP contribution in [0.2, 0.25) is 0 Å². The van der Waals surface area contributed by atoms with E-state index in [-0.39, 0.29) is 12.1 Å². The summed E-state index contributed by atoms with van der Waals surface area (Å²) in [6.45, 7) is 0. The Morgan fingerprint density at radius 3 is 2.63 bits per heavy atom. The van der Waals surface area contributed by atoms with Crippen molar-refractivity contribution in [2.75, 3.05) is 14.2 Å². The van der Waals surface area contributed by atoms with Crippen LogP contribution in [0, 0.1) is 5.41 Å². The predicted octanol–water partition coefficient (Wildman–Crippen LogP) is 4.20. The van der Waals surface area contributed by atoms with Crippen LogP contribution in [0.15, 0.2) is 18.2 Å². The minimum absolute atomic E-state index is 0.00546. The number of rotatable bonds is 6. The molecule has 0 spiro atoms. The number of ether oxygens (including phenoxy) is 3. The number of methoxy groups -OCH3 is 2. The minimum Gasteiger partial charge on any atom is -0.493 e. The van der Waals surface area contributed by atoms with Gasteiger partial charge >= 0.3 is 6.09 Å². The van der Waals surface area contributed by atoms with Crippen LogP contribution in [0.4, 0.5) is 4.79 Å². The summed E-state index contributed by atoms with van der Waals surface area (Å²) in [7, 11) is 3.03. The SMILES string of the molecule is COC(=O)NC1CCCC(C=N)(c2ccc(OC)c(OC3CCCC3)c2)C1. The Kier molecular flexibility index (Phi) is 6.24. The number of benzene rings is 1. The van der Waals surface area contributed by atoms with Crippen LogP contribution in [0.1, 0.15) is 56.9 Å². The van der Waals surface area contributed by atoms with Gasteiger partial charge in [0.25, 0.3) is 0 Å². The molecule has 2 fully saturated rings. The molecular weight excluding hydrogens is 344 g/mol. The van der Waals surface area contributed by atoms with Gasteiger partial charge in [0.2, 0.25) is 0 Å². The topological polar surface area (TPSA) is 80.6 Å². The first-order valence-electron chi connectivity index (χ1n) is 9.81. The summed E-state index contributed by atoms with van der Waals surface area (Å²) in [4.78, 5) is 11.6. The first-order valence-corrected chi connectivity index (χ1v) is 9.81. The van der Waals surface area contributed by atoms with Crippen LogP contribution in [0.5, 0.6) is 11.5 Å². The Morgan fingerprint density at radius 1 is 1.19 bits per heavy atom. The lowest BCUT2D eigenvalue weighted by Gasteiger charge is -2.38. The highest BCUT2D eigenvalue weighted by Crippen LogP contribution is 2.42. The molecule has 2 aliphatic carbocycles. The van der Waals surface area contributed by atoms with Gasteiger partial charge < -0.3 is 24.9 Å². The fourth-order valence-corrected chi connectivity index (χ4v) is 4.40. The lowest BCUT2D eigenvalue weighted by atomic mass is 9.68. The van der Waals surface area contributed by atoms with Crippen LogP contribution in [-0.4, -0.2) is 38.7 Å². The van der Waals surface area contributed by atoms with E-state index in [1.165, 1.54) is 26.2 Å². The number of hydrogen-bond donors (Lipinski definition) is 2. The van der Waals surface area contributed by atoms with Crippen LogP contribution in [-0.2, 0) is 10.2 Å². The van der Waals surface area contributed by atoms with Gasteiger partial charge in [-0.05, 0) is 62.6 Å². The standard InChI is InChI=1S/C21H30N2O4/c1-25-18-10-9-15(12-19(18)27-17-7-3-4-8-17)21(14-22)11-5-6-16(13-21)23-20(24)26-2/h9-10,12,14,16-17,22H,3-8,11,13H2,1-2H3,(H,23,24). The number of alkyl carbamates (subject to hydrolysis) is 1. The van der Waals surface area contributed by atoms with Crippen molar-refractivity contribution in [2.24, 2.45) is 0 Å². The van der Waals surface area contributed by atoms with Crippen molar-refractivity contribution in [3.8, 4) is 11.5 Å². The average Bonchev–Trinajstić information content (AvgIpc) is 3.21. The predicted molar refractivity (Wildman–Crippen MR) is 104 cm³/mol. The molecule has 0 aliphatic heterocycles. The summed E-state index contributed by atoms with van der Waals surface area (Å²) in [5.74, 6) is 1.48. The number of carbonyl (C=O) groups is 1. The van der Waals surface area contributed by atoms with E-state index in [9.17, 15) is 4.79 Å². The van der Waals surface area contributed by atoms with E-state index >= 15 is 0 Å². The maximum absolute atomic E-state index is 11.6. The maximum atomic E-state index is 11.6. The maximum Gasteiger partial charge on any atom is 0.407 e. The van der Waals surface area contributed by atoms with Crippen LogP contribution in [0.25, 0.3) is 0 Å². The molecule has 2 N–H and O–H groups in total. The lowest BCUT2D eigenvalue weighted by Crippen LogP contribution is -2.45. The number of amides is 1. The van der Waals surface area contributed by atoms with Crippen molar-refractivity contribution in [2.45, 2.75) is 68.9 Å². The van der Waals surface area contributed by atoms with Gasteiger partial charge in [-0.25, -0.2) is 4.79 Å². The molecule has 27 heavy (non-hydrogen) atoms. The average molecular weight is 374 g/mol. The van der Waals surface area contributed by atoms with Crippen molar-refractivity contribution in [1.82, 2.24) is 5.32 Å². The fourth-order valence-electron chi connectivity index (χ4n) is 4.40. The third kappa shape index (κ3) is 4.37. The summed E-state index contributed by atoms with van der Waals surface area (Å²) in [5, 5.41) is 11.1. The van der Waals surface area contributed by atoms with Crippen LogP contribution >= 0.6 is 0 Å². The first kappa shape index (κ1) is 19.5. The van der Waals surface area contributed by atoms with Gasteiger partial charge in [-0.3, -0.25) is 0 Å². The Labute approximate surface area is 161 Å². The van der Waals surface area contributed by atoms with Gasteiger partial charge in [0.05, 0.1) is 20.3 Å². The van der Waals surface area contributed by atoms with E-state index in [2.05, 4.69) is 5.32 Å². The number of hydrogen-bond acceptors (Lipinski definition) is 5. The Hall–Kier alpha value is -2.24. The zero-order chi connectivity index (χ0) is 19.3. The van der Waals surface area contributed by atoms with Crippen molar-refractivity contribution in [1.29, 1.82) is 5.41 Å². The molecule has 2 saturated carbocycles. The molecule has 1 amide bonds. The molecular formula is C21H30N2O4. The van der Waals surface area contributed by atoms with E-state index < -0.39 is 11.5 Å². The molecule has 6 nitrogen and oxygen atoms in total. The summed E-state index contributed by atoms with van der Waals surface area (Å²) in [6, 6.07) is 5.98. The summed E-state index contributed by atoms with van der Waals surface area (Å²) >= 11 is 0. The van der Waals surface area contributed by atoms with Crippen molar-refractivity contribution >= 4 is 12.3 Å². The molecule has 0 saturated heterocycles. The molecule has 0 aromatic heterocycles. The van der Waals surface area contributed by atoms with E-state index in [4.69, 9.17) is 19.6 Å². The summed E-state index contributed by atoms with van der Waals surface area (Å²) in [6.07, 6.45) is 9.32. The van der Waals surface area contributed by atoms with Gasteiger partial charge in [-0.1, -0.05) is 12.5 Å². The van der Waals surface area contributed by atoms with E-state index in [1.807, 2.05) is 18.2 Å². The quantitative estimate of drug-likeness (QED) is 0.731. The third-order valence-corrected chi connectivity index (χ3v) is 5.90. The molecule has 2 unspecified atom stereocenters. The highest BCUT2D eigenvalue weighted by atomic mass is 16.5. The third-order valence-electron chi connectivity index (χ3n) is 5.90. The highest BCUT2D eigenvalue weighted by Gasteiger charge is 2.37. The molecule has 1 aromatic carbocycles. The molecule has 0 bridgehead atoms. The van der Waals surface area contributed by atoms with Gasteiger partial charge in [-0.2, -0.15) is 0 Å². The van der Waals surface area contributed by atoms with E-state index in [1.54, 1.807) is 7.11 Å². The Balaban J connectivity index is 1.85. The Morgan fingerprint density at radius 2 is 1.96 bits per heavy atom. The van der Waals surface area contributed by atoms with Gasteiger partial charge in [-0.15, -0.1) is 0 Å². The van der Waals surface area contributed by atoms with E-state index in [0.717, 1.165) is 49.2 Å². The molecule has 2 aliphatic rings. The zero-order valence-electron chi connectivity index (χ0n) is 16.3. The fraction of sp³-hybridized carbons (Fsp3) is 0.619. The number of nitrogens with one attached hydrogen (secondary N) is 2. The Bertz CT molecular complexity index is 672. The van der Waals surface area contributed by atoms with Crippen molar-refractivity contribution < 1.29 is 19.0 Å². The molecule has 6 heteroatoms. The molecule has 0 heterocycles. The van der Waals surface area contributed by atoms with Gasteiger partial charge in [0.15, 0.2) is 11.5 Å². The van der Waals surface area contributed by atoms with Crippen LogP contribution in [0.3, 0.4) is 0 Å². The second-order valence-electron chi connectivity index (χ2n) is 7.62. The van der Waals surface area contributed by atoms with Crippen LogP contribution < -0.4 is 14.8 Å². The van der Waals surface area contributed by atoms with Gasteiger partial charge in [0.1, 0.15) is 0 Å². The van der Waals surface area contributed by atoms with Gasteiger partial charge in [0, 0.05) is 17.7 Å². The normalized spacial score (nSPS) is 25.6.